The minimum atomic E-state index is 0. The predicted molar refractivity (Wildman–Crippen MR) is 71.1 cm³/mol. The quantitative estimate of drug-likeness (QED) is 0.669. The number of nitrogens with zero attached hydrogens (tertiary/aromatic N) is 2. The molecule has 1 aliphatic heterocycles. The topological polar surface area (TPSA) is 87.7 Å². The third kappa shape index (κ3) is 3.73. The Labute approximate surface area is 101 Å². The number of aliphatic imine (C=N–C) groups is 2. The molecule has 90 valence electrons. The molecule has 5 heteroatoms. The summed E-state index contributed by atoms with van der Waals surface area (Å²) in [6.07, 6.45) is 0.884. The van der Waals surface area contributed by atoms with Crippen LogP contribution >= 0.6 is 12.4 Å². The van der Waals surface area contributed by atoms with Crippen LogP contribution in [0, 0.1) is 0 Å². The molecule has 2 rings (SSSR count). The van der Waals surface area contributed by atoms with E-state index >= 15 is 0 Å². The summed E-state index contributed by atoms with van der Waals surface area (Å²) in [4.78, 5) is 8.98. The van der Waals surface area contributed by atoms with Crippen molar-refractivity contribution in [3.63, 3.8) is 0 Å². The minimum absolute atomic E-state index is 0. The number of fused-ring (bicyclic) bond motifs is 1. The van der Waals surface area contributed by atoms with Gasteiger partial charge in [-0.25, -0.2) is 0 Å². The van der Waals surface area contributed by atoms with Crippen LogP contribution in [0.2, 0.25) is 0 Å². The first-order valence-electron chi connectivity index (χ1n) is 4.43. The van der Waals surface area contributed by atoms with Gasteiger partial charge in [0.25, 0.3) is 0 Å². The Hall–Kier alpha value is -1.23. The molecule has 0 radical (unpaired) electrons. The molecule has 0 saturated carbocycles. The number of benzene rings is 1. The molecule has 0 aromatic heterocycles. The Balaban J connectivity index is 0. The Kier molecular flexibility index (Phi) is 7.63. The Morgan fingerprint density at radius 2 is 1.25 bits per heavy atom. The molecule has 0 saturated heterocycles. The second kappa shape index (κ2) is 7.11. The van der Waals surface area contributed by atoms with Gasteiger partial charge in [0.05, 0.1) is 11.4 Å². The highest BCUT2D eigenvalue weighted by Crippen LogP contribution is 2.29. The SMILES string of the molecule is CC1=Nc2ccccc2N=C(C)C1.Cl.O.O. The summed E-state index contributed by atoms with van der Waals surface area (Å²) in [6.45, 7) is 4.09. The number of para-hydroxylation sites is 2. The van der Waals surface area contributed by atoms with Gasteiger partial charge in [-0.15, -0.1) is 12.4 Å². The average molecular weight is 245 g/mol. The van der Waals surface area contributed by atoms with Gasteiger partial charge in [0.1, 0.15) is 0 Å². The summed E-state index contributed by atoms with van der Waals surface area (Å²) >= 11 is 0. The van der Waals surface area contributed by atoms with Crippen LogP contribution in [0.3, 0.4) is 0 Å². The van der Waals surface area contributed by atoms with E-state index in [2.05, 4.69) is 9.98 Å². The zero-order chi connectivity index (χ0) is 9.26. The molecule has 4 nitrogen and oxygen atoms in total. The first-order valence-corrected chi connectivity index (χ1v) is 4.43. The fraction of sp³-hybridized carbons (Fsp3) is 0.273. The van der Waals surface area contributed by atoms with Crippen LogP contribution in [0.25, 0.3) is 0 Å². The summed E-state index contributed by atoms with van der Waals surface area (Å²) in [5.74, 6) is 0. The van der Waals surface area contributed by atoms with Crippen molar-refractivity contribution in [2.75, 3.05) is 0 Å². The van der Waals surface area contributed by atoms with Gasteiger partial charge in [-0.2, -0.15) is 0 Å². The van der Waals surface area contributed by atoms with Crippen LogP contribution in [-0.4, -0.2) is 22.4 Å². The highest BCUT2D eigenvalue weighted by Gasteiger charge is 2.05. The molecule has 16 heavy (non-hydrogen) atoms. The van der Waals surface area contributed by atoms with E-state index in [9.17, 15) is 0 Å². The lowest BCUT2D eigenvalue weighted by Gasteiger charge is -1.96. The molecule has 0 fully saturated rings. The van der Waals surface area contributed by atoms with E-state index in [1.807, 2.05) is 38.1 Å². The standard InChI is InChI=1S/C11H12N2.ClH.2H2O/c1-8-7-9(2)13-11-6-4-3-5-10(11)12-8;;;/h3-6H,7H2,1-2H3;1H;2*1H2. The van der Waals surface area contributed by atoms with Crippen LogP contribution in [0.4, 0.5) is 11.4 Å². The maximum absolute atomic E-state index is 4.49. The van der Waals surface area contributed by atoms with Crippen LogP contribution in [0.1, 0.15) is 20.3 Å². The smallest absolute Gasteiger partial charge is 0.0885 e. The highest BCUT2D eigenvalue weighted by molar-refractivity contribution is 6.06. The van der Waals surface area contributed by atoms with E-state index in [4.69, 9.17) is 0 Å². The van der Waals surface area contributed by atoms with Gasteiger partial charge < -0.3 is 11.0 Å². The van der Waals surface area contributed by atoms with Gasteiger partial charge in [0.15, 0.2) is 0 Å². The van der Waals surface area contributed by atoms with E-state index in [-0.39, 0.29) is 23.4 Å². The average Bonchev–Trinajstić information content (AvgIpc) is 2.20. The predicted octanol–water partition coefficient (Wildman–Crippen LogP) is 2.05. The van der Waals surface area contributed by atoms with Crippen LogP contribution in [-0.2, 0) is 0 Å². The highest BCUT2D eigenvalue weighted by atomic mass is 35.5. The van der Waals surface area contributed by atoms with Crippen molar-refractivity contribution >= 4 is 35.2 Å². The van der Waals surface area contributed by atoms with Crippen molar-refractivity contribution in [3.8, 4) is 0 Å². The molecule has 1 heterocycles. The molecule has 0 spiro atoms. The van der Waals surface area contributed by atoms with E-state index in [1.165, 1.54) is 0 Å². The summed E-state index contributed by atoms with van der Waals surface area (Å²) in [7, 11) is 0. The van der Waals surface area contributed by atoms with Crippen LogP contribution in [0.5, 0.6) is 0 Å². The zero-order valence-electron chi connectivity index (χ0n) is 9.32. The maximum atomic E-state index is 4.49. The lowest BCUT2D eigenvalue weighted by molar-refractivity contribution is 0.823. The molecule has 1 aliphatic rings. The third-order valence-corrected chi connectivity index (χ3v) is 2.02. The lowest BCUT2D eigenvalue weighted by atomic mass is 10.2. The number of rotatable bonds is 0. The number of halogens is 1. The molecule has 0 bridgehead atoms. The second-order valence-corrected chi connectivity index (χ2v) is 3.36. The second-order valence-electron chi connectivity index (χ2n) is 3.36. The Bertz CT molecular complexity index is 366. The van der Waals surface area contributed by atoms with Crippen LogP contribution in [0.15, 0.2) is 34.3 Å². The first-order chi connectivity index (χ1) is 6.25. The van der Waals surface area contributed by atoms with Gasteiger partial charge >= 0.3 is 0 Å². The summed E-state index contributed by atoms with van der Waals surface area (Å²) in [6, 6.07) is 7.99. The third-order valence-electron chi connectivity index (χ3n) is 2.02. The monoisotopic (exact) mass is 244 g/mol. The molecule has 1 aromatic rings. The zero-order valence-corrected chi connectivity index (χ0v) is 10.1. The van der Waals surface area contributed by atoms with Crippen molar-refractivity contribution < 1.29 is 11.0 Å². The van der Waals surface area contributed by atoms with Gasteiger partial charge in [0.2, 0.25) is 0 Å². The molecule has 0 aliphatic carbocycles. The molecular weight excluding hydrogens is 228 g/mol. The molecule has 0 atom stereocenters. The summed E-state index contributed by atoms with van der Waals surface area (Å²) in [5.41, 5.74) is 4.23. The van der Waals surface area contributed by atoms with Crippen molar-refractivity contribution in [3.05, 3.63) is 24.3 Å². The van der Waals surface area contributed by atoms with E-state index in [1.54, 1.807) is 0 Å². The largest absolute Gasteiger partial charge is 0.412 e. The Morgan fingerprint density at radius 3 is 1.62 bits per heavy atom. The van der Waals surface area contributed by atoms with E-state index in [0.29, 0.717) is 0 Å². The molecule has 4 N–H and O–H groups in total. The first kappa shape index (κ1) is 17.2. The molecule has 0 amide bonds. The van der Waals surface area contributed by atoms with Crippen LogP contribution < -0.4 is 0 Å². The van der Waals surface area contributed by atoms with Crippen molar-refractivity contribution in [1.29, 1.82) is 0 Å². The fourth-order valence-electron chi connectivity index (χ4n) is 1.51. The summed E-state index contributed by atoms with van der Waals surface area (Å²) < 4.78 is 0. The van der Waals surface area contributed by atoms with Crippen molar-refractivity contribution in [2.24, 2.45) is 9.98 Å². The molecular formula is C11H17ClN2O2. The van der Waals surface area contributed by atoms with Crippen molar-refractivity contribution in [1.82, 2.24) is 0 Å². The van der Waals surface area contributed by atoms with E-state index < -0.39 is 0 Å². The Morgan fingerprint density at radius 1 is 0.875 bits per heavy atom. The van der Waals surface area contributed by atoms with Gasteiger partial charge in [-0.05, 0) is 26.0 Å². The number of hydrogen-bond donors (Lipinski definition) is 0. The summed E-state index contributed by atoms with van der Waals surface area (Å²) in [5, 5.41) is 0. The van der Waals surface area contributed by atoms with E-state index in [0.717, 1.165) is 29.2 Å². The molecule has 1 aromatic carbocycles. The van der Waals surface area contributed by atoms with Gasteiger partial charge in [-0.1, -0.05) is 12.1 Å². The number of hydrogen-bond acceptors (Lipinski definition) is 2. The normalized spacial score (nSPS) is 12.6. The van der Waals surface area contributed by atoms with Gasteiger partial charge in [-0.3, -0.25) is 9.98 Å². The fourth-order valence-corrected chi connectivity index (χ4v) is 1.51. The minimum Gasteiger partial charge on any atom is -0.412 e. The molecule has 0 unspecified atom stereocenters. The lowest BCUT2D eigenvalue weighted by Crippen LogP contribution is -1.97. The van der Waals surface area contributed by atoms with Crippen molar-refractivity contribution in [2.45, 2.75) is 20.3 Å². The van der Waals surface area contributed by atoms with Gasteiger partial charge in [0, 0.05) is 17.8 Å². The maximum Gasteiger partial charge on any atom is 0.0885 e.